The maximum atomic E-state index is 11.8. The van der Waals surface area contributed by atoms with E-state index in [0.717, 1.165) is 30.1 Å². The summed E-state index contributed by atoms with van der Waals surface area (Å²) in [5.41, 5.74) is 0.168. The molecular weight excluding hydrogens is 288 g/mol. The van der Waals surface area contributed by atoms with E-state index in [9.17, 15) is 9.59 Å². The van der Waals surface area contributed by atoms with E-state index in [2.05, 4.69) is 9.88 Å². The first-order valence-electron chi connectivity index (χ1n) is 7.43. The van der Waals surface area contributed by atoms with Gasteiger partial charge in [0, 0.05) is 20.0 Å². The van der Waals surface area contributed by atoms with E-state index < -0.39 is 5.97 Å². The van der Waals surface area contributed by atoms with Gasteiger partial charge in [-0.05, 0) is 37.5 Å². The maximum absolute atomic E-state index is 11.8. The van der Waals surface area contributed by atoms with Crippen molar-refractivity contribution in [2.75, 3.05) is 25.1 Å². The highest BCUT2D eigenvalue weighted by Crippen LogP contribution is 2.37. The van der Waals surface area contributed by atoms with Crippen LogP contribution in [0.2, 0.25) is 0 Å². The smallest absolute Gasteiger partial charge is 0.358 e. The number of hydrogen-bond donors (Lipinski definition) is 0. The molecule has 0 saturated heterocycles. The number of carbonyl (C=O) groups excluding carboxylic acids is 2. The van der Waals surface area contributed by atoms with E-state index in [1.54, 1.807) is 0 Å². The van der Waals surface area contributed by atoms with Crippen LogP contribution in [-0.2, 0) is 4.74 Å². The van der Waals surface area contributed by atoms with Crippen LogP contribution in [0.25, 0.3) is 0 Å². The Hall–Kier alpha value is -1.43. The molecule has 21 heavy (non-hydrogen) atoms. The highest BCUT2D eigenvalue weighted by molar-refractivity contribution is 7.17. The number of methoxy groups -OCH3 is 1. The number of ketones is 1. The molecule has 1 aromatic rings. The zero-order valence-corrected chi connectivity index (χ0v) is 13.2. The Morgan fingerprint density at radius 3 is 2.24 bits per heavy atom. The molecule has 1 aromatic heterocycles. The van der Waals surface area contributed by atoms with E-state index in [1.807, 2.05) is 0 Å². The third-order valence-corrected chi connectivity index (χ3v) is 5.15. The summed E-state index contributed by atoms with van der Waals surface area (Å²) in [6.07, 6.45) is 5.10. The molecule has 114 valence electrons. The zero-order valence-electron chi connectivity index (χ0n) is 12.4. The minimum atomic E-state index is -0.527. The lowest BCUT2D eigenvalue weighted by Crippen LogP contribution is -2.28. The number of esters is 1. The second-order valence-electron chi connectivity index (χ2n) is 6.01. The van der Waals surface area contributed by atoms with Gasteiger partial charge in [0.2, 0.25) is 0 Å². The number of thiazole rings is 1. The van der Waals surface area contributed by atoms with Gasteiger partial charge in [-0.15, -0.1) is 0 Å². The number of anilines is 1. The van der Waals surface area contributed by atoms with Gasteiger partial charge >= 0.3 is 5.97 Å². The summed E-state index contributed by atoms with van der Waals surface area (Å²) >= 11 is 1.32. The lowest BCUT2D eigenvalue weighted by Gasteiger charge is -2.21. The summed E-state index contributed by atoms with van der Waals surface area (Å²) in [5.74, 6) is 0.836. The van der Waals surface area contributed by atoms with Crippen molar-refractivity contribution in [2.24, 2.45) is 11.8 Å². The Labute approximate surface area is 128 Å². The summed E-state index contributed by atoms with van der Waals surface area (Å²) in [7, 11) is 1.32. The number of hydrogen-bond acceptors (Lipinski definition) is 6. The molecule has 6 heteroatoms. The van der Waals surface area contributed by atoms with Gasteiger partial charge in [-0.25, -0.2) is 9.78 Å². The van der Waals surface area contributed by atoms with Crippen LogP contribution in [0.4, 0.5) is 5.13 Å². The van der Waals surface area contributed by atoms with Crippen LogP contribution in [0.3, 0.4) is 0 Å². The standard InChI is InChI=1S/C15H20N2O3S/c1-9(18)13-12(14(19)20-2)16-15(21-13)17(7-10-3-4-10)8-11-5-6-11/h10-11H,3-8H2,1-2H3. The number of carbonyl (C=O) groups is 2. The van der Waals surface area contributed by atoms with Crippen molar-refractivity contribution >= 4 is 28.2 Å². The van der Waals surface area contributed by atoms with Crippen molar-refractivity contribution in [3.05, 3.63) is 10.6 Å². The molecule has 2 aliphatic rings. The molecule has 0 radical (unpaired) electrons. The molecule has 2 aliphatic carbocycles. The van der Waals surface area contributed by atoms with Crippen molar-refractivity contribution < 1.29 is 14.3 Å². The molecule has 3 rings (SSSR count). The van der Waals surface area contributed by atoms with Gasteiger partial charge in [-0.1, -0.05) is 11.3 Å². The minimum absolute atomic E-state index is 0.128. The molecular formula is C15H20N2O3S. The van der Waals surface area contributed by atoms with Gasteiger partial charge in [-0.2, -0.15) is 0 Å². The highest BCUT2D eigenvalue weighted by Gasteiger charge is 2.32. The van der Waals surface area contributed by atoms with Crippen molar-refractivity contribution in [1.82, 2.24) is 4.98 Å². The van der Waals surface area contributed by atoms with Gasteiger partial charge < -0.3 is 9.64 Å². The molecule has 0 N–H and O–H groups in total. The lowest BCUT2D eigenvalue weighted by atomic mass is 10.3. The molecule has 0 bridgehead atoms. The van der Waals surface area contributed by atoms with Gasteiger partial charge in [0.15, 0.2) is 16.6 Å². The SMILES string of the molecule is COC(=O)c1nc(N(CC2CC2)CC2CC2)sc1C(C)=O. The fraction of sp³-hybridized carbons (Fsp3) is 0.667. The second kappa shape index (κ2) is 5.75. The molecule has 2 saturated carbocycles. The van der Waals surface area contributed by atoms with E-state index in [1.165, 1.54) is 51.1 Å². The fourth-order valence-electron chi connectivity index (χ4n) is 2.37. The predicted molar refractivity (Wildman–Crippen MR) is 81.1 cm³/mol. The summed E-state index contributed by atoms with van der Waals surface area (Å²) in [5, 5.41) is 0.791. The molecule has 0 aromatic carbocycles. The van der Waals surface area contributed by atoms with Crippen LogP contribution in [0.15, 0.2) is 0 Å². The van der Waals surface area contributed by atoms with Crippen LogP contribution in [0.5, 0.6) is 0 Å². The molecule has 0 aliphatic heterocycles. The Balaban J connectivity index is 1.86. The summed E-state index contributed by atoms with van der Waals surface area (Å²) in [6, 6.07) is 0. The average Bonchev–Trinajstić information content (AvgIpc) is 3.38. The Morgan fingerprint density at radius 1 is 1.24 bits per heavy atom. The molecule has 0 spiro atoms. The van der Waals surface area contributed by atoms with E-state index >= 15 is 0 Å². The quantitative estimate of drug-likeness (QED) is 0.572. The Morgan fingerprint density at radius 2 is 1.81 bits per heavy atom. The van der Waals surface area contributed by atoms with Crippen LogP contribution in [0.1, 0.15) is 52.8 Å². The summed E-state index contributed by atoms with van der Waals surface area (Å²) < 4.78 is 4.74. The van der Waals surface area contributed by atoms with Crippen LogP contribution in [-0.4, -0.2) is 36.9 Å². The number of aromatic nitrogens is 1. The third kappa shape index (κ3) is 3.43. The number of rotatable bonds is 7. The van der Waals surface area contributed by atoms with Crippen LogP contribution in [0, 0.1) is 11.8 Å². The number of Topliss-reactive ketones (excluding diaryl/α,β-unsaturated/α-hetero) is 1. The minimum Gasteiger partial charge on any atom is -0.464 e. The molecule has 2 fully saturated rings. The van der Waals surface area contributed by atoms with Crippen LogP contribution >= 0.6 is 11.3 Å². The predicted octanol–water partition coefficient (Wildman–Crippen LogP) is 2.76. The van der Waals surface area contributed by atoms with Gasteiger partial charge in [-0.3, -0.25) is 4.79 Å². The Kier molecular flexibility index (Phi) is 3.97. The average molecular weight is 308 g/mol. The first kappa shape index (κ1) is 14.5. The second-order valence-corrected chi connectivity index (χ2v) is 6.99. The number of nitrogens with zero attached hydrogens (tertiary/aromatic N) is 2. The van der Waals surface area contributed by atoms with E-state index in [4.69, 9.17) is 4.74 Å². The van der Waals surface area contributed by atoms with Crippen molar-refractivity contribution in [3.8, 4) is 0 Å². The summed E-state index contributed by atoms with van der Waals surface area (Å²) in [6.45, 7) is 3.44. The highest BCUT2D eigenvalue weighted by atomic mass is 32.1. The molecule has 5 nitrogen and oxygen atoms in total. The fourth-order valence-corrected chi connectivity index (χ4v) is 3.34. The van der Waals surface area contributed by atoms with E-state index in [-0.39, 0.29) is 11.5 Å². The largest absolute Gasteiger partial charge is 0.464 e. The Bertz CT molecular complexity index is 547. The first-order chi connectivity index (χ1) is 10.1. The molecule has 1 heterocycles. The van der Waals surface area contributed by atoms with Gasteiger partial charge in [0.05, 0.1) is 7.11 Å². The maximum Gasteiger partial charge on any atom is 0.358 e. The van der Waals surface area contributed by atoms with Crippen molar-refractivity contribution in [2.45, 2.75) is 32.6 Å². The number of ether oxygens (including phenoxy) is 1. The van der Waals surface area contributed by atoms with E-state index in [0.29, 0.717) is 4.88 Å². The monoisotopic (exact) mass is 308 g/mol. The van der Waals surface area contributed by atoms with Gasteiger partial charge in [0.25, 0.3) is 0 Å². The zero-order chi connectivity index (χ0) is 15.0. The first-order valence-corrected chi connectivity index (χ1v) is 8.25. The molecule has 0 unspecified atom stereocenters. The summed E-state index contributed by atoms with van der Waals surface area (Å²) in [4.78, 5) is 30.6. The normalized spacial score (nSPS) is 17.6. The topological polar surface area (TPSA) is 59.5 Å². The van der Waals surface area contributed by atoms with Crippen LogP contribution < -0.4 is 4.90 Å². The third-order valence-electron chi connectivity index (χ3n) is 3.94. The lowest BCUT2D eigenvalue weighted by molar-refractivity contribution is 0.0591. The van der Waals surface area contributed by atoms with Crippen molar-refractivity contribution in [1.29, 1.82) is 0 Å². The molecule has 0 amide bonds. The van der Waals surface area contributed by atoms with Crippen molar-refractivity contribution in [3.63, 3.8) is 0 Å². The molecule has 0 atom stereocenters. The van der Waals surface area contributed by atoms with Gasteiger partial charge in [0.1, 0.15) is 4.88 Å².